The first-order valence-electron chi connectivity index (χ1n) is 8.48. The summed E-state index contributed by atoms with van der Waals surface area (Å²) >= 11 is 0. The lowest BCUT2D eigenvalue weighted by molar-refractivity contribution is 0.0518. The zero-order valence-electron chi connectivity index (χ0n) is 15.1. The molecule has 0 bridgehead atoms. The Morgan fingerprint density at radius 2 is 2.11 bits per heavy atom. The van der Waals surface area contributed by atoms with E-state index in [0.29, 0.717) is 12.4 Å². The van der Waals surface area contributed by atoms with Gasteiger partial charge in [-0.2, -0.15) is 4.31 Å². The fourth-order valence-corrected chi connectivity index (χ4v) is 4.31. The predicted octanol–water partition coefficient (Wildman–Crippen LogP) is 2.24. The van der Waals surface area contributed by atoms with Gasteiger partial charge in [-0.05, 0) is 29.8 Å². The fraction of sp³-hybridized carbons (Fsp3) is 0.316. The summed E-state index contributed by atoms with van der Waals surface area (Å²) in [6.45, 7) is 4.57. The smallest absolute Gasteiger partial charge is 0.248 e. The molecule has 1 aromatic carbocycles. The lowest BCUT2D eigenvalue weighted by Gasteiger charge is -2.23. The summed E-state index contributed by atoms with van der Waals surface area (Å²) in [7, 11) is -2.17. The maximum absolute atomic E-state index is 13.2. The van der Waals surface area contributed by atoms with Gasteiger partial charge >= 0.3 is 0 Å². The van der Waals surface area contributed by atoms with Crippen LogP contribution in [0, 0.1) is 0 Å². The molecule has 0 saturated carbocycles. The summed E-state index contributed by atoms with van der Waals surface area (Å²) in [6.07, 6.45) is 2.67. The van der Waals surface area contributed by atoms with Crippen LogP contribution in [-0.4, -0.2) is 50.7 Å². The molecular weight excluding hydrogens is 368 g/mol. The van der Waals surface area contributed by atoms with Crippen molar-refractivity contribution in [2.24, 2.45) is 0 Å². The minimum Gasteiger partial charge on any atom is -0.497 e. The van der Waals surface area contributed by atoms with Gasteiger partial charge in [0.05, 0.1) is 26.9 Å². The van der Waals surface area contributed by atoms with Crippen LogP contribution in [0.25, 0.3) is 0 Å². The molecule has 0 aliphatic carbocycles. The van der Waals surface area contributed by atoms with Crippen LogP contribution in [0.15, 0.2) is 60.1 Å². The number of nitrogens with zero attached hydrogens (tertiary/aromatic N) is 2. The molecule has 0 fully saturated rings. The average Bonchev–Trinajstić information content (AvgIpc) is 2.78. The molecule has 3 rings (SSSR count). The first kappa shape index (κ1) is 19.3. The van der Waals surface area contributed by atoms with Gasteiger partial charge in [0.1, 0.15) is 16.7 Å². The number of sulfonamides is 1. The Morgan fingerprint density at radius 1 is 1.33 bits per heavy atom. The first-order chi connectivity index (χ1) is 13.0. The highest BCUT2D eigenvalue weighted by atomic mass is 32.2. The number of aromatic nitrogens is 1. The molecule has 27 heavy (non-hydrogen) atoms. The van der Waals surface area contributed by atoms with Crippen LogP contribution in [-0.2, 0) is 21.3 Å². The topological polar surface area (TPSA) is 78.0 Å². The van der Waals surface area contributed by atoms with Crippen molar-refractivity contribution >= 4 is 10.0 Å². The Hall–Kier alpha value is -2.42. The van der Waals surface area contributed by atoms with Gasteiger partial charge in [-0.15, -0.1) is 6.58 Å². The number of hydrogen-bond acceptors (Lipinski definition) is 6. The van der Waals surface area contributed by atoms with Gasteiger partial charge in [-0.1, -0.05) is 18.2 Å². The third kappa shape index (κ3) is 4.47. The normalized spacial score (nSPS) is 18.8. The first-order valence-corrected chi connectivity index (χ1v) is 9.92. The summed E-state index contributed by atoms with van der Waals surface area (Å²) < 4.78 is 44.2. The van der Waals surface area contributed by atoms with E-state index < -0.39 is 16.1 Å². The van der Waals surface area contributed by atoms with Crippen LogP contribution >= 0.6 is 0 Å². The summed E-state index contributed by atoms with van der Waals surface area (Å²) in [4.78, 5) is 4.16. The van der Waals surface area contributed by atoms with Crippen molar-refractivity contribution in [1.82, 2.24) is 9.29 Å². The van der Waals surface area contributed by atoms with E-state index in [2.05, 4.69) is 11.6 Å². The number of fused-ring (bicyclic) bond motifs is 1. The minimum atomic E-state index is -3.76. The summed E-state index contributed by atoms with van der Waals surface area (Å²) in [5.74, 6) is 0.813. The fourth-order valence-electron chi connectivity index (χ4n) is 2.77. The molecule has 1 aliphatic heterocycles. The highest BCUT2D eigenvalue weighted by molar-refractivity contribution is 7.89. The van der Waals surface area contributed by atoms with Crippen molar-refractivity contribution in [3.8, 4) is 11.6 Å². The second-order valence-electron chi connectivity index (χ2n) is 6.02. The van der Waals surface area contributed by atoms with Crippen LogP contribution in [0.4, 0.5) is 0 Å². The quantitative estimate of drug-likeness (QED) is 0.533. The molecule has 144 valence electrons. The zero-order valence-corrected chi connectivity index (χ0v) is 15.9. The Bertz CT molecular complexity index is 883. The number of benzene rings is 1. The van der Waals surface area contributed by atoms with Gasteiger partial charge in [-0.3, -0.25) is 0 Å². The van der Waals surface area contributed by atoms with E-state index in [0.717, 1.165) is 5.56 Å². The third-order valence-electron chi connectivity index (χ3n) is 4.10. The van der Waals surface area contributed by atoms with Crippen molar-refractivity contribution in [1.29, 1.82) is 0 Å². The van der Waals surface area contributed by atoms with Crippen LogP contribution in [0.3, 0.4) is 0 Å². The average molecular weight is 390 g/mol. The van der Waals surface area contributed by atoms with Crippen molar-refractivity contribution in [3.05, 3.63) is 60.8 Å². The molecule has 2 aromatic rings. The van der Waals surface area contributed by atoms with Crippen LogP contribution in [0.1, 0.15) is 5.56 Å². The molecule has 0 radical (unpaired) electrons. The van der Waals surface area contributed by atoms with E-state index in [-0.39, 0.29) is 30.5 Å². The third-order valence-corrected chi connectivity index (χ3v) is 5.92. The monoisotopic (exact) mass is 390 g/mol. The van der Waals surface area contributed by atoms with Gasteiger partial charge < -0.3 is 14.2 Å². The Balaban J connectivity index is 1.90. The van der Waals surface area contributed by atoms with E-state index in [1.807, 2.05) is 12.1 Å². The minimum absolute atomic E-state index is 0.0599. The van der Waals surface area contributed by atoms with Gasteiger partial charge in [0.15, 0.2) is 0 Å². The lowest BCUT2D eigenvalue weighted by Crippen LogP contribution is -2.38. The largest absolute Gasteiger partial charge is 0.497 e. The van der Waals surface area contributed by atoms with Crippen molar-refractivity contribution in [3.63, 3.8) is 0 Å². The molecule has 1 atom stereocenters. The van der Waals surface area contributed by atoms with Gasteiger partial charge in [0.25, 0.3) is 0 Å². The van der Waals surface area contributed by atoms with Crippen molar-refractivity contribution < 1.29 is 22.6 Å². The second kappa shape index (κ2) is 8.51. The molecule has 1 unspecified atom stereocenters. The van der Waals surface area contributed by atoms with Gasteiger partial charge in [0.2, 0.25) is 15.9 Å². The highest BCUT2D eigenvalue weighted by Gasteiger charge is 2.35. The number of pyridine rings is 1. The predicted molar refractivity (Wildman–Crippen MR) is 100 cm³/mol. The van der Waals surface area contributed by atoms with Gasteiger partial charge in [-0.25, -0.2) is 13.4 Å². The number of hydrogen-bond donors (Lipinski definition) is 0. The molecular formula is C19H22N2O5S. The van der Waals surface area contributed by atoms with E-state index in [9.17, 15) is 8.42 Å². The van der Waals surface area contributed by atoms with Crippen molar-refractivity contribution in [2.45, 2.75) is 17.5 Å². The SMILES string of the molecule is C=CCOCC1CN(Cc2ccc(OC)cc2)S(=O)(=O)c2cccnc2O1. The Labute approximate surface area is 159 Å². The van der Waals surface area contributed by atoms with E-state index >= 15 is 0 Å². The molecule has 8 heteroatoms. The molecule has 2 heterocycles. The molecule has 1 aromatic heterocycles. The van der Waals surface area contributed by atoms with Crippen molar-refractivity contribution in [2.75, 3.05) is 26.9 Å². The maximum atomic E-state index is 13.2. The maximum Gasteiger partial charge on any atom is 0.248 e. The zero-order chi connectivity index (χ0) is 19.3. The number of ether oxygens (including phenoxy) is 3. The molecule has 7 nitrogen and oxygen atoms in total. The van der Waals surface area contributed by atoms with E-state index in [1.165, 1.54) is 16.6 Å². The Kier molecular flexibility index (Phi) is 6.10. The number of methoxy groups -OCH3 is 1. The molecule has 0 N–H and O–H groups in total. The molecule has 0 spiro atoms. The van der Waals surface area contributed by atoms with Gasteiger partial charge in [0, 0.05) is 12.7 Å². The molecule has 1 aliphatic rings. The summed E-state index contributed by atoms with van der Waals surface area (Å²) in [5, 5.41) is 0. The van der Waals surface area contributed by atoms with E-state index in [4.69, 9.17) is 14.2 Å². The summed E-state index contributed by atoms with van der Waals surface area (Å²) in [6, 6.07) is 10.4. The van der Waals surface area contributed by atoms with Crippen LogP contribution in [0.5, 0.6) is 11.6 Å². The molecule has 0 saturated heterocycles. The summed E-state index contributed by atoms with van der Waals surface area (Å²) in [5.41, 5.74) is 0.845. The van der Waals surface area contributed by atoms with Crippen LogP contribution in [0.2, 0.25) is 0 Å². The van der Waals surface area contributed by atoms with E-state index in [1.54, 1.807) is 31.4 Å². The van der Waals surface area contributed by atoms with Crippen LogP contribution < -0.4 is 9.47 Å². The lowest BCUT2D eigenvalue weighted by atomic mass is 10.2. The number of rotatable bonds is 7. The Morgan fingerprint density at radius 3 is 2.81 bits per heavy atom. The standard InChI is InChI=1S/C19H22N2O5S/c1-3-11-25-14-17-13-21(12-15-6-8-16(24-2)9-7-15)27(22,23)18-5-4-10-20-19(18)26-17/h3-10,17H,1,11-14H2,2H3. The second-order valence-corrected chi connectivity index (χ2v) is 7.92. The molecule has 0 amide bonds. The highest BCUT2D eigenvalue weighted by Crippen LogP contribution is 2.30.